The molecule has 2 saturated carbocycles. The lowest BCUT2D eigenvalue weighted by Crippen LogP contribution is -2.25. The van der Waals surface area contributed by atoms with Crippen LogP contribution in [-0.4, -0.2) is 0 Å². The van der Waals surface area contributed by atoms with Crippen LogP contribution >= 0.6 is 0 Å². The predicted molar refractivity (Wildman–Crippen MR) is 145 cm³/mol. The Balaban J connectivity index is 1.44. The number of benzene rings is 2. The average molecular weight is 463 g/mol. The third-order valence-corrected chi connectivity index (χ3v) is 9.30. The summed E-state index contributed by atoms with van der Waals surface area (Å²) in [6.07, 6.45) is 16.9. The molecule has 0 atom stereocenters. The maximum Gasteiger partial charge on any atom is 0.129 e. The summed E-state index contributed by atoms with van der Waals surface area (Å²) in [4.78, 5) is 0. The van der Waals surface area contributed by atoms with Gasteiger partial charge in [-0.1, -0.05) is 71.6 Å². The molecule has 34 heavy (non-hydrogen) atoms. The molecule has 1 heteroatoms. The molecule has 0 saturated heterocycles. The van der Waals surface area contributed by atoms with E-state index >= 15 is 0 Å². The molecule has 0 radical (unpaired) electrons. The number of rotatable bonds is 8. The Hall–Kier alpha value is -1.63. The highest BCUT2D eigenvalue weighted by Crippen LogP contribution is 2.45. The third kappa shape index (κ3) is 5.60. The maximum absolute atomic E-state index is 14.7. The Kier molecular flexibility index (Phi) is 8.89. The molecule has 0 bridgehead atoms. The molecule has 0 aliphatic heterocycles. The zero-order valence-corrected chi connectivity index (χ0v) is 22.3. The SMILES string of the molecule is CCCC1CCC(C2CCC(c3ccc(-c4cc(CC)c(F)c(CC)c4)c(CC)c3)CC2)CC1. The topological polar surface area (TPSA) is 0 Å². The first-order chi connectivity index (χ1) is 16.6. The summed E-state index contributed by atoms with van der Waals surface area (Å²) in [7, 11) is 0. The molecular weight excluding hydrogens is 415 g/mol. The van der Waals surface area contributed by atoms with E-state index < -0.39 is 0 Å². The Morgan fingerprint density at radius 2 is 1.24 bits per heavy atom. The van der Waals surface area contributed by atoms with Gasteiger partial charge in [-0.15, -0.1) is 0 Å². The van der Waals surface area contributed by atoms with Gasteiger partial charge in [0, 0.05) is 0 Å². The normalized spacial score (nSPS) is 25.4. The zero-order chi connectivity index (χ0) is 24.1. The zero-order valence-electron chi connectivity index (χ0n) is 22.3. The Morgan fingerprint density at radius 3 is 1.76 bits per heavy atom. The van der Waals surface area contributed by atoms with Crippen molar-refractivity contribution in [3.63, 3.8) is 0 Å². The van der Waals surface area contributed by atoms with Crippen molar-refractivity contribution in [3.8, 4) is 11.1 Å². The molecule has 0 aromatic heterocycles. The minimum Gasteiger partial charge on any atom is -0.206 e. The van der Waals surface area contributed by atoms with Gasteiger partial charge in [-0.05, 0) is 127 Å². The van der Waals surface area contributed by atoms with Crippen LogP contribution < -0.4 is 0 Å². The fourth-order valence-electron chi connectivity index (χ4n) is 7.14. The molecule has 2 aliphatic rings. The van der Waals surface area contributed by atoms with E-state index in [9.17, 15) is 4.39 Å². The van der Waals surface area contributed by atoms with Gasteiger partial charge < -0.3 is 0 Å². The van der Waals surface area contributed by atoms with Gasteiger partial charge >= 0.3 is 0 Å². The summed E-state index contributed by atoms with van der Waals surface area (Å²) in [6, 6.07) is 11.4. The highest BCUT2D eigenvalue weighted by atomic mass is 19.1. The van der Waals surface area contributed by atoms with Crippen molar-refractivity contribution in [2.75, 3.05) is 0 Å². The van der Waals surface area contributed by atoms with Gasteiger partial charge in [0.1, 0.15) is 5.82 Å². The van der Waals surface area contributed by atoms with Crippen molar-refractivity contribution >= 4 is 0 Å². The van der Waals surface area contributed by atoms with Crippen LogP contribution in [0.15, 0.2) is 30.3 Å². The second kappa shape index (κ2) is 11.9. The number of hydrogen-bond acceptors (Lipinski definition) is 0. The molecule has 2 aliphatic carbocycles. The molecule has 0 nitrogen and oxygen atoms in total. The van der Waals surface area contributed by atoms with E-state index in [1.54, 1.807) is 5.56 Å². The van der Waals surface area contributed by atoms with Crippen molar-refractivity contribution in [1.82, 2.24) is 0 Å². The molecule has 4 rings (SSSR count). The van der Waals surface area contributed by atoms with E-state index in [4.69, 9.17) is 0 Å². The van der Waals surface area contributed by atoms with Crippen LogP contribution in [0.1, 0.15) is 120 Å². The lowest BCUT2D eigenvalue weighted by Gasteiger charge is -2.38. The fraction of sp³-hybridized carbons (Fsp3) is 0.636. The van der Waals surface area contributed by atoms with Gasteiger partial charge in [0.05, 0.1) is 0 Å². The number of halogens is 1. The van der Waals surface area contributed by atoms with Crippen LogP contribution in [0.5, 0.6) is 0 Å². The van der Waals surface area contributed by atoms with Crippen LogP contribution in [0.2, 0.25) is 0 Å². The molecule has 0 amide bonds. The monoisotopic (exact) mass is 462 g/mol. The molecule has 0 unspecified atom stereocenters. The summed E-state index contributed by atoms with van der Waals surface area (Å²) in [5, 5.41) is 0. The highest BCUT2D eigenvalue weighted by Gasteiger charge is 2.31. The van der Waals surface area contributed by atoms with Gasteiger partial charge in [0.2, 0.25) is 0 Å². The molecule has 0 heterocycles. The van der Waals surface area contributed by atoms with Crippen LogP contribution in [0.4, 0.5) is 4.39 Å². The first kappa shape index (κ1) is 25.5. The standard InChI is InChI=1S/C33H47F/c1-5-9-23-10-12-27(13-11-23)28-14-16-29(17-15-28)30-18-19-32(24(6-2)20-30)31-21-25(7-3)33(34)26(8-4)22-31/h18-23,27-29H,5-17H2,1-4H3. The summed E-state index contributed by atoms with van der Waals surface area (Å²) in [6.45, 7) is 8.71. The van der Waals surface area contributed by atoms with Crippen LogP contribution in [0, 0.1) is 23.6 Å². The second-order valence-corrected chi connectivity index (χ2v) is 11.3. The van der Waals surface area contributed by atoms with Crippen molar-refractivity contribution in [2.45, 2.75) is 117 Å². The highest BCUT2D eigenvalue weighted by molar-refractivity contribution is 5.70. The van der Waals surface area contributed by atoms with Crippen molar-refractivity contribution < 1.29 is 4.39 Å². The minimum absolute atomic E-state index is 0.000899. The molecule has 0 N–H and O–H groups in total. The lowest BCUT2D eigenvalue weighted by atomic mass is 9.68. The first-order valence-electron chi connectivity index (χ1n) is 14.5. The van der Waals surface area contributed by atoms with Gasteiger partial charge in [-0.2, -0.15) is 0 Å². The van der Waals surface area contributed by atoms with E-state index in [1.165, 1.54) is 80.9 Å². The van der Waals surface area contributed by atoms with Gasteiger partial charge in [-0.25, -0.2) is 4.39 Å². The molecule has 2 fully saturated rings. The Labute approximate surface area is 208 Å². The van der Waals surface area contributed by atoms with Crippen molar-refractivity contribution in [3.05, 3.63) is 58.4 Å². The van der Waals surface area contributed by atoms with Crippen molar-refractivity contribution in [2.24, 2.45) is 17.8 Å². The summed E-state index contributed by atoms with van der Waals surface area (Å²) < 4.78 is 14.7. The van der Waals surface area contributed by atoms with Crippen LogP contribution in [0.3, 0.4) is 0 Å². The molecule has 186 valence electrons. The second-order valence-electron chi connectivity index (χ2n) is 11.3. The van der Waals surface area contributed by atoms with Crippen LogP contribution in [-0.2, 0) is 19.3 Å². The Morgan fingerprint density at radius 1 is 0.676 bits per heavy atom. The number of hydrogen-bond donors (Lipinski definition) is 0. The smallest absolute Gasteiger partial charge is 0.129 e. The molecular formula is C33H47F. The van der Waals surface area contributed by atoms with Crippen molar-refractivity contribution in [1.29, 1.82) is 0 Å². The summed E-state index contributed by atoms with van der Waals surface area (Å²) >= 11 is 0. The molecule has 2 aromatic carbocycles. The first-order valence-corrected chi connectivity index (χ1v) is 14.5. The predicted octanol–water partition coefficient (Wildman–Crippen LogP) is 10.1. The van der Waals surface area contributed by atoms with E-state index in [0.29, 0.717) is 0 Å². The van der Waals surface area contributed by atoms with Crippen LogP contribution in [0.25, 0.3) is 11.1 Å². The molecule has 0 spiro atoms. The van der Waals surface area contributed by atoms with E-state index in [0.717, 1.165) is 54.1 Å². The minimum atomic E-state index is -0.000899. The van der Waals surface area contributed by atoms with E-state index in [2.05, 4.69) is 58.0 Å². The largest absolute Gasteiger partial charge is 0.206 e. The Bertz CT molecular complexity index is 901. The maximum atomic E-state index is 14.7. The van der Waals surface area contributed by atoms with Gasteiger partial charge in [0.25, 0.3) is 0 Å². The lowest BCUT2D eigenvalue weighted by molar-refractivity contribution is 0.156. The number of aryl methyl sites for hydroxylation is 3. The van der Waals surface area contributed by atoms with E-state index in [-0.39, 0.29) is 5.82 Å². The van der Waals surface area contributed by atoms with E-state index in [1.807, 2.05) is 0 Å². The fourth-order valence-corrected chi connectivity index (χ4v) is 7.14. The van der Waals surface area contributed by atoms with Gasteiger partial charge in [-0.3, -0.25) is 0 Å². The summed E-state index contributed by atoms with van der Waals surface area (Å²) in [5.41, 5.74) is 7.16. The quantitative estimate of drug-likeness (QED) is 0.366. The average Bonchev–Trinajstić information content (AvgIpc) is 2.89. The summed E-state index contributed by atoms with van der Waals surface area (Å²) in [5.74, 6) is 3.72. The third-order valence-electron chi connectivity index (χ3n) is 9.30. The van der Waals surface area contributed by atoms with Gasteiger partial charge in [0.15, 0.2) is 0 Å². The molecule has 2 aromatic rings.